The summed E-state index contributed by atoms with van der Waals surface area (Å²) in [6.45, 7) is 8.08. The summed E-state index contributed by atoms with van der Waals surface area (Å²) in [5, 5.41) is 3.80. The molecule has 0 unspecified atom stereocenters. The number of nitrogens with zero attached hydrogens (tertiary/aromatic N) is 3. The third-order valence-corrected chi connectivity index (χ3v) is 3.55. The first-order chi connectivity index (χ1) is 10.4. The average Bonchev–Trinajstić information content (AvgIpc) is 2.46. The Morgan fingerprint density at radius 3 is 2.54 bits per heavy atom. The lowest BCUT2D eigenvalue weighted by Crippen LogP contribution is -2.30. The number of fused-ring (bicyclic) bond motifs is 1. The summed E-state index contributed by atoms with van der Waals surface area (Å²) in [6.07, 6.45) is 6.24. The lowest BCUT2D eigenvalue weighted by atomic mass is 9.96. The number of aromatic nitrogens is 3. The molecule has 0 aliphatic heterocycles. The first kappa shape index (κ1) is 22.8. The van der Waals surface area contributed by atoms with E-state index in [2.05, 4.69) is 31.1 Å². The zero-order valence-corrected chi connectivity index (χ0v) is 16.5. The quantitative estimate of drug-likeness (QED) is 0.788. The molecule has 7 heteroatoms. The predicted octanol–water partition coefficient (Wildman–Crippen LogP) is 3.22. The van der Waals surface area contributed by atoms with Crippen LogP contribution in [-0.2, 0) is 13.0 Å². The van der Waals surface area contributed by atoms with Crippen LogP contribution < -0.4 is 10.9 Å². The Morgan fingerprint density at radius 2 is 1.92 bits per heavy atom. The molecule has 136 valence electrons. The standard InChI is InChI=1S/C17H26N4O.2ClH/c1-17(2,3)12-21-15(7-5-6-9-18-4)20-14-11-19-10-8-13(14)16(21)22;;/h8,10-11,18H,5-7,9,12H2,1-4H3;2*1H. The maximum Gasteiger partial charge on any atom is 0.261 e. The molecule has 0 amide bonds. The fourth-order valence-electron chi connectivity index (χ4n) is 2.53. The number of unbranched alkanes of at least 4 members (excludes halogenated alkanes) is 1. The van der Waals surface area contributed by atoms with Gasteiger partial charge in [-0.25, -0.2) is 4.98 Å². The molecule has 0 radical (unpaired) electrons. The van der Waals surface area contributed by atoms with Crippen molar-refractivity contribution in [1.29, 1.82) is 0 Å². The summed E-state index contributed by atoms with van der Waals surface area (Å²) in [5.74, 6) is 0.872. The van der Waals surface area contributed by atoms with Gasteiger partial charge in [0.15, 0.2) is 0 Å². The van der Waals surface area contributed by atoms with E-state index in [9.17, 15) is 4.79 Å². The van der Waals surface area contributed by atoms with Crippen molar-refractivity contribution in [3.05, 3.63) is 34.6 Å². The van der Waals surface area contributed by atoms with Crippen molar-refractivity contribution in [3.8, 4) is 0 Å². The van der Waals surface area contributed by atoms with Crippen LogP contribution >= 0.6 is 24.8 Å². The van der Waals surface area contributed by atoms with Crippen molar-refractivity contribution < 1.29 is 0 Å². The summed E-state index contributed by atoms with van der Waals surface area (Å²) < 4.78 is 1.85. The topological polar surface area (TPSA) is 59.8 Å². The zero-order valence-electron chi connectivity index (χ0n) is 14.8. The van der Waals surface area contributed by atoms with Crippen molar-refractivity contribution in [2.75, 3.05) is 13.6 Å². The Labute approximate surface area is 156 Å². The lowest BCUT2D eigenvalue weighted by molar-refractivity contribution is 0.330. The Kier molecular flexibility index (Phi) is 9.48. The van der Waals surface area contributed by atoms with E-state index in [-0.39, 0.29) is 35.8 Å². The van der Waals surface area contributed by atoms with E-state index in [0.717, 1.165) is 31.6 Å². The van der Waals surface area contributed by atoms with Crippen LogP contribution in [0, 0.1) is 5.41 Å². The van der Waals surface area contributed by atoms with Gasteiger partial charge in [-0.05, 0) is 37.9 Å². The Balaban J connectivity index is 0.00000264. The minimum absolute atomic E-state index is 0. The molecule has 0 aromatic carbocycles. The lowest BCUT2D eigenvalue weighted by Gasteiger charge is -2.22. The molecule has 0 spiro atoms. The van der Waals surface area contributed by atoms with Gasteiger partial charge in [-0.3, -0.25) is 14.3 Å². The minimum Gasteiger partial charge on any atom is -0.320 e. The number of rotatable bonds is 6. The van der Waals surface area contributed by atoms with Gasteiger partial charge in [-0.1, -0.05) is 20.8 Å². The first-order valence-corrected chi connectivity index (χ1v) is 7.90. The summed E-state index contributed by atoms with van der Waals surface area (Å²) in [6, 6.07) is 1.76. The molecule has 1 N–H and O–H groups in total. The number of aryl methyl sites for hydroxylation is 1. The van der Waals surface area contributed by atoms with E-state index < -0.39 is 0 Å². The summed E-state index contributed by atoms with van der Waals surface area (Å²) >= 11 is 0. The van der Waals surface area contributed by atoms with Crippen LogP contribution in [0.4, 0.5) is 0 Å². The van der Waals surface area contributed by atoms with Crippen molar-refractivity contribution in [3.63, 3.8) is 0 Å². The smallest absolute Gasteiger partial charge is 0.261 e. The third-order valence-electron chi connectivity index (χ3n) is 3.55. The average molecular weight is 375 g/mol. The minimum atomic E-state index is 0. The number of hydrogen-bond acceptors (Lipinski definition) is 4. The van der Waals surface area contributed by atoms with Gasteiger partial charge in [-0.15, -0.1) is 24.8 Å². The van der Waals surface area contributed by atoms with Gasteiger partial charge in [0.2, 0.25) is 0 Å². The maximum absolute atomic E-state index is 12.8. The van der Waals surface area contributed by atoms with Crippen molar-refractivity contribution >= 4 is 35.7 Å². The molecule has 2 aromatic heterocycles. The monoisotopic (exact) mass is 374 g/mol. The molecule has 0 saturated carbocycles. The van der Waals surface area contributed by atoms with E-state index in [1.165, 1.54) is 0 Å². The molecule has 2 heterocycles. The number of nitrogens with one attached hydrogen (secondary N) is 1. The second-order valence-electron chi connectivity index (χ2n) is 6.93. The Hall–Kier alpha value is -1.17. The molecule has 0 saturated heterocycles. The van der Waals surface area contributed by atoms with Gasteiger partial charge < -0.3 is 5.32 Å². The van der Waals surface area contributed by atoms with Gasteiger partial charge >= 0.3 is 0 Å². The van der Waals surface area contributed by atoms with Gasteiger partial charge in [0.25, 0.3) is 5.56 Å². The largest absolute Gasteiger partial charge is 0.320 e. The first-order valence-electron chi connectivity index (χ1n) is 7.90. The van der Waals surface area contributed by atoms with Crippen LogP contribution in [0.5, 0.6) is 0 Å². The molecule has 0 aliphatic carbocycles. The molecular formula is C17H28Cl2N4O. The van der Waals surface area contributed by atoms with Crippen LogP contribution in [0.25, 0.3) is 10.9 Å². The molecule has 0 aliphatic rings. The molecule has 2 rings (SSSR count). The van der Waals surface area contributed by atoms with E-state index in [1.807, 2.05) is 11.6 Å². The van der Waals surface area contributed by atoms with Gasteiger partial charge in [0.1, 0.15) is 5.82 Å². The second kappa shape index (κ2) is 9.97. The van der Waals surface area contributed by atoms with Crippen molar-refractivity contribution in [2.45, 2.75) is 46.6 Å². The molecule has 0 atom stereocenters. The number of halogens is 2. The van der Waals surface area contributed by atoms with Crippen LogP contribution in [0.15, 0.2) is 23.3 Å². The summed E-state index contributed by atoms with van der Waals surface area (Å²) in [5.41, 5.74) is 0.776. The molecular weight excluding hydrogens is 347 g/mol. The maximum atomic E-state index is 12.8. The number of hydrogen-bond donors (Lipinski definition) is 1. The zero-order chi connectivity index (χ0) is 16.2. The Bertz CT molecular complexity index is 695. The van der Waals surface area contributed by atoms with E-state index in [4.69, 9.17) is 4.98 Å². The summed E-state index contributed by atoms with van der Waals surface area (Å²) in [4.78, 5) is 21.6. The highest BCUT2D eigenvalue weighted by atomic mass is 35.5. The van der Waals surface area contributed by atoms with Gasteiger partial charge in [0.05, 0.1) is 17.1 Å². The molecule has 0 fully saturated rings. The summed E-state index contributed by atoms with van der Waals surface area (Å²) in [7, 11) is 1.95. The van der Waals surface area contributed by atoms with Crippen molar-refractivity contribution in [2.24, 2.45) is 5.41 Å². The Morgan fingerprint density at radius 1 is 1.21 bits per heavy atom. The highest BCUT2D eigenvalue weighted by Gasteiger charge is 2.17. The van der Waals surface area contributed by atoms with E-state index in [0.29, 0.717) is 17.4 Å². The number of pyridine rings is 1. The normalized spacial score (nSPS) is 11.0. The highest BCUT2D eigenvalue weighted by molar-refractivity contribution is 5.85. The fraction of sp³-hybridized carbons (Fsp3) is 0.588. The fourth-order valence-corrected chi connectivity index (χ4v) is 2.53. The van der Waals surface area contributed by atoms with Crippen molar-refractivity contribution in [1.82, 2.24) is 19.9 Å². The SMILES string of the molecule is CNCCCCc1nc2cnccc2c(=O)n1CC(C)(C)C.Cl.Cl. The van der Waals surface area contributed by atoms with Crippen LogP contribution in [0.2, 0.25) is 0 Å². The second-order valence-corrected chi connectivity index (χ2v) is 6.93. The highest BCUT2D eigenvalue weighted by Crippen LogP contribution is 2.18. The molecule has 5 nitrogen and oxygen atoms in total. The molecule has 0 bridgehead atoms. The van der Waals surface area contributed by atoms with E-state index >= 15 is 0 Å². The van der Waals surface area contributed by atoms with Gasteiger partial charge in [0, 0.05) is 19.2 Å². The van der Waals surface area contributed by atoms with Crippen LogP contribution in [-0.4, -0.2) is 28.1 Å². The van der Waals surface area contributed by atoms with E-state index in [1.54, 1.807) is 18.5 Å². The van der Waals surface area contributed by atoms with Gasteiger partial charge in [-0.2, -0.15) is 0 Å². The predicted molar refractivity (Wildman–Crippen MR) is 105 cm³/mol. The van der Waals surface area contributed by atoms with Crippen LogP contribution in [0.3, 0.4) is 0 Å². The van der Waals surface area contributed by atoms with Crippen LogP contribution in [0.1, 0.15) is 39.4 Å². The molecule has 24 heavy (non-hydrogen) atoms. The third kappa shape index (κ3) is 6.04. The molecule has 2 aromatic rings.